The van der Waals surface area contributed by atoms with E-state index in [1.54, 1.807) is 12.1 Å². The molecule has 0 atom stereocenters. The van der Waals surface area contributed by atoms with Crippen molar-refractivity contribution in [2.24, 2.45) is 0 Å². The van der Waals surface area contributed by atoms with Crippen LogP contribution >= 0.6 is 0 Å². The Morgan fingerprint density at radius 3 is 2.77 bits per heavy atom. The Morgan fingerprint density at radius 1 is 1.62 bits per heavy atom. The van der Waals surface area contributed by atoms with Crippen molar-refractivity contribution in [3.05, 3.63) is 23.4 Å². The summed E-state index contributed by atoms with van der Waals surface area (Å²) in [6.45, 7) is 1.29. The third-order valence-corrected chi connectivity index (χ3v) is 1.66. The van der Waals surface area contributed by atoms with E-state index in [1.807, 2.05) is 0 Å². The topological polar surface area (TPSA) is 59.4 Å². The number of carbonyl (C=O) groups is 1. The molecule has 1 aromatic heterocycles. The van der Waals surface area contributed by atoms with Gasteiger partial charge >= 0.3 is 0 Å². The Kier molecular flexibility index (Phi) is 2.97. The molecule has 1 rings (SSSR count). The second-order valence-corrected chi connectivity index (χ2v) is 2.58. The number of Topliss-reactive ketones (excluding diaryl/α,β-unsaturated/α-hetero) is 1. The molecule has 0 aliphatic carbocycles. The van der Waals surface area contributed by atoms with Gasteiger partial charge in [-0.3, -0.25) is 4.79 Å². The maximum absolute atomic E-state index is 10.9. The number of methoxy groups -OCH3 is 1. The van der Waals surface area contributed by atoms with Crippen molar-refractivity contribution in [2.75, 3.05) is 7.11 Å². The molecule has 0 aromatic carbocycles. The van der Waals surface area contributed by atoms with E-state index in [9.17, 15) is 4.79 Å². The first kappa shape index (κ1) is 9.67. The van der Waals surface area contributed by atoms with Gasteiger partial charge in [0.15, 0.2) is 5.78 Å². The molecule has 0 radical (unpaired) electrons. The van der Waals surface area contributed by atoms with Gasteiger partial charge in [-0.25, -0.2) is 4.98 Å². The largest absolute Gasteiger partial charge is 0.481 e. The molecular formula is C9H11NO3. The van der Waals surface area contributed by atoms with Crippen LogP contribution in [0.5, 0.6) is 5.88 Å². The highest BCUT2D eigenvalue weighted by Crippen LogP contribution is 2.15. The van der Waals surface area contributed by atoms with E-state index >= 15 is 0 Å². The maximum atomic E-state index is 10.9. The Morgan fingerprint density at radius 2 is 2.31 bits per heavy atom. The predicted molar refractivity (Wildman–Crippen MR) is 46.7 cm³/mol. The molecule has 0 saturated carbocycles. The number of hydrogen-bond donors (Lipinski definition) is 1. The average molecular weight is 181 g/mol. The van der Waals surface area contributed by atoms with Crippen molar-refractivity contribution in [3.63, 3.8) is 0 Å². The van der Waals surface area contributed by atoms with Crippen LogP contribution in [-0.2, 0) is 6.61 Å². The molecule has 0 aliphatic rings. The third kappa shape index (κ3) is 2.03. The zero-order chi connectivity index (χ0) is 9.84. The molecule has 0 unspecified atom stereocenters. The Labute approximate surface area is 76.2 Å². The van der Waals surface area contributed by atoms with E-state index in [4.69, 9.17) is 9.84 Å². The molecule has 0 fully saturated rings. The SMILES string of the molecule is COc1nc(C(C)=O)ccc1CO. The molecule has 0 saturated heterocycles. The fraction of sp³-hybridized carbons (Fsp3) is 0.333. The first-order chi connectivity index (χ1) is 6.19. The molecule has 4 nitrogen and oxygen atoms in total. The van der Waals surface area contributed by atoms with Gasteiger partial charge < -0.3 is 9.84 Å². The van der Waals surface area contributed by atoms with Crippen molar-refractivity contribution in [3.8, 4) is 5.88 Å². The zero-order valence-corrected chi connectivity index (χ0v) is 7.57. The Bertz CT molecular complexity index is 323. The fourth-order valence-corrected chi connectivity index (χ4v) is 0.962. The van der Waals surface area contributed by atoms with Gasteiger partial charge in [0, 0.05) is 12.5 Å². The lowest BCUT2D eigenvalue weighted by molar-refractivity contribution is 0.101. The lowest BCUT2D eigenvalue weighted by atomic mass is 10.2. The smallest absolute Gasteiger partial charge is 0.219 e. The molecule has 0 aliphatic heterocycles. The van der Waals surface area contributed by atoms with Crippen LogP contribution in [0, 0.1) is 0 Å². The van der Waals surface area contributed by atoms with Crippen LogP contribution in [0.25, 0.3) is 0 Å². The lowest BCUT2D eigenvalue weighted by Gasteiger charge is -2.05. The first-order valence-corrected chi connectivity index (χ1v) is 3.84. The highest BCUT2D eigenvalue weighted by atomic mass is 16.5. The molecule has 70 valence electrons. The number of hydrogen-bond acceptors (Lipinski definition) is 4. The van der Waals surface area contributed by atoms with E-state index in [0.717, 1.165) is 0 Å². The summed E-state index contributed by atoms with van der Waals surface area (Å²) in [5, 5.41) is 8.87. The van der Waals surface area contributed by atoms with E-state index in [1.165, 1.54) is 14.0 Å². The van der Waals surface area contributed by atoms with Crippen molar-refractivity contribution in [1.82, 2.24) is 4.98 Å². The third-order valence-electron chi connectivity index (χ3n) is 1.66. The van der Waals surface area contributed by atoms with Crippen molar-refractivity contribution < 1.29 is 14.6 Å². The van der Waals surface area contributed by atoms with Crippen LogP contribution in [0.4, 0.5) is 0 Å². The molecule has 13 heavy (non-hydrogen) atoms. The minimum atomic E-state index is -0.144. The van der Waals surface area contributed by atoms with Gasteiger partial charge in [0.2, 0.25) is 5.88 Å². The molecule has 1 N–H and O–H groups in total. The summed E-state index contributed by atoms with van der Waals surface area (Å²) < 4.78 is 4.90. The second-order valence-electron chi connectivity index (χ2n) is 2.58. The summed E-state index contributed by atoms with van der Waals surface area (Å²) in [4.78, 5) is 14.9. The zero-order valence-electron chi connectivity index (χ0n) is 7.57. The fourth-order valence-electron chi connectivity index (χ4n) is 0.962. The highest BCUT2D eigenvalue weighted by Gasteiger charge is 2.07. The van der Waals surface area contributed by atoms with Crippen LogP contribution in [0.2, 0.25) is 0 Å². The first-order valence-electron chi connectivity index (χ1n) is 3.84. The van der Waals surface area contributed by atoms with Gasteiger partial charge in [-0.05, 0) is 12.1 Å². The standard InChI is InChI=1S/C9H11NO3/c1-6(12)8-4-3-7(5-11)9(10-8)13-2/h3-4,11H,5H2,1-2H3. The molecule has 1 heterocycles. The molecule has 0 spiro atoms. The van der Waals surface area contributed by atoms with Crippen molar-refractivity contribution in [2.45, 2.75) is 13.5 Å². The quantitative estimate of drug-likeness (QED) is 0.700. The summed E-state index contributed by atoms with van der Waals surface area (Å²) in [5.41, 5.74) is 0.918. The molecule has 0 bridgehead atoms. The predicted octanol–water partition coefficient (Wildman–Crippen LogP) is 0.785. The monoisotopic (exact) mass is 181 g/mol. The van der Waals surface area contributed by atoms with E-state index in [2.05, 4.69) is 4.98 Å². The van der Waals surface area contributed by atoms with Gasteiger partial charge in [0.05, 0.1) is 13.7 Å². The molecule has 1 aromatic rings. The van der Waals surface area contributed by atoms with Crippen LogP contribution in [0.15, 0.2) is 12.1 Å². The van der Waals surface area contributed by atoms with Crippen LogP contribution < -0.4 is 4.74 Å². The minimum absolute atomic E-state index is 0.122. The summed E-state index contributed by atoms with van der Waals surface area (Å²) in [7, 11) is 1.45. The number of pyridine rings is 1. The Balaban J connectivity index is 3.13. The summed E-state index contributed by atoms with van der Waals surface area (Å²) in [5.74, 6) is 0.179. The van der Waals surface area contributed by atoms with Crippen molar-refractivity contribution in [1.29, 1.82) is 0 Å². The second kappa shape index (κ2) is 4.00. The summed E-state index contributed by atoms with van der Waals surface area (Å²) in [6.07, 6.45) is 0. The minimum Gasteiger partial charge on any atom is -0.481 e. The van der Waals surface area contributed by atoms with Gasteiger partial charge in [-0.15, -0.1) is 0 Å². The number of aromatic nitrogens is 1. The Hall–Kier alpha value is -1.42. The average Bonchev–Trinajstić information content (AvgIpc) is 2.16. The summed E-state index contributed by atoms with van der Waals surface area (Å²) in [6, 6.07) is 3.19. The van der Waals surface area contributed by atoms with Crippen LogP contribution in [0.1, 0.15) is 23.0 Å². The van der Waals surface area contributed by atoms with E-state index < -0.39 is 0 Å². The number of aliphatic hydroxyl groups excluding tert-OH is 1. The van der Waals surface area contributed by atoms with Gasteiger partial charge in [-0.2, -0.15) is 0 Å². The number of ketones is 1. The van der Waals surface area contributed by atoms with Gasteiger partial charge in [-0.1, -0.05) is 0 Å². The van der Waals surface area contributed by atoms with Crippen molar-refractivity contribution >= 4 is 5.78 Å². The van der Waals surface area contributed by atoms with Crippen LogP contribution in [0.3, 0.4) is 0 Å². The number of carbonyl (C=O) groups excluding carboxylic acids is 1. The summed E-state index contributed by atoms with van der Waals surface area (Å²) >= 11 is 0. The number of nitrogens with zero attached hydrogens (tertiary/aromatic N) is 1. The number of rotatable bonds is 3. The van der Waals surface area contributed by atoms with E-state index in [0.29, 0.717) is 17.1 Å². The maximum Gasteiger partial charge on any atom is 0.219 e. The lowest BCUT2D eigenvalue weighted by Crippen LogP contribution is -2.01. The highest BCUT2D eigenvalue weighted by molar-refractivity contribution is 5.92. The molecular weight excluding hydrogens is 170 g/mol. The van der Waals surface area contributed by atoms with Crippen LogP contribution in [-0.4, -0.2) is 23.0 Å². The molecule has 4 heteroatoms. The van der Waals surface area contributed by atoms with Gasteiger partial charge in [0.1, 0.15) is 5.69 Å². The van der Waals surface area contributed by atoms with E-state index in [-0.39, 0.29) is 12.4 Å². The number of aliphatic hydroxyl groups is 1. The molecule has 0 amide bonds. The van der Waals surface area contributed by atoms with Gasteiger partial charge in [0.25, 0.3) is 0 Å². The normalized spacial score (nSPS) is 9.77. The number of ether oxygens (including phenoxy) is 1.